The lowest BCUT2D eigenvalue weighted by Crippen LogP contribution is -2.27. The fraction of sp³-hybridized carbons (Fsp3) is 0.625. The summed E-state index contributed by atoms with van der Waals surface area (Å²) in [6.07, 6.45) is 2.12. The van der Waals surface area contributed by atoms with Gasteiger partial charge in [-0.3, -0.25) is 0 Å². The first-order valence-electron chi connectivity index (χ1n) is 7.40. The molecule has 1 aliphatic heterocycles. The number of nitrogens with one attached hydrogen (secondary N) is 1. The molecule has 0 aromatic heterocycles. The number of benzene rings is 1. The number of fused-ring (bicyclic) bond motifs is 1. The van der Waals surface area contributed by atoms with E-state index >= 15 is 0 Å². The summed E-state index contributed by atoms with van der Waals surface area (Å²) >= 11 is 0. The van der Waals surface area contributed by atoms with Gasteiger partial charge in [-0.25, -0.2) is 0 Å². The van der Waals surface area contributed by atoms with Crippen molar-refractivity contribution in [3.8, 4) is 5.75 Å². The molecule has 1 atom stereocenters. The van der Waals surface area contributed by atoms with Crippen LogP contribution >= 0.6 is 0 Å². The van der Waals surface area contributed by atoms with Gasteiger partial charge in [-0.1, -0.05) is 19.1 Å². The molecule has 1 aliphatic rings. The molecule has 0 fully saturated rings. The molecule has 1 aromatic carbocycles. The van der Waals surface area contributed by atoms with E-state index in [2.05, 4.69) is 30.4 Å². The van der Waals surface area contributed by atoms with E-state index in [4.69, 9.17) is 14.2 Å². The van der Waals surface area contributed by atoms with E-state index in [-0.39, 0.29) is 6.04 Å². The lowest BCUT2D eigenvalue weighted by molar-refractivity contribution is 0.0586. The van der Waals surface area contributed by atoms with E-state index in [9.17, 15) is 0 Å². The fourth-order valence-corrected chi connectivity index (χ4v) is 2.36. The van der Waals surface area contributed by atoms with Crippen molar-refractivity contribution in [3.05, 3.63) is 29.3 Å². The summed E-state index contributed by atoms with van der Waals surface area (Å²) in [4.78, 5) is 0. The van der Waals surface area contributed by atoms with Crippen LogP contribution in [0.3, 0.4) is 0 Å². The Balaban J connectivity index is 1.97. The van der Waals surface area contributed by atoms with Crippen LogP contribution in [-0.4, -0.2) is 40.1 Å². The quantitative estimate of drug-likeness (QED) is 0.704. The van der Waals surface area contributed by atoms with Crippen molar-refractivity contribution in [3.63, 3.8) is 0 Å². The van der Waals surface area contributed by atoms with Crippen LogP contribution in [0.15, 0.2) is 18.2 Å². The second-order valence-electron chi connectivity index (χ2n) is 5.04. The second kappa shape index (κ2) is 8.25. The average Bonchev–Trinajstić information content (AvgIpc) is 2.94. The number of rotatable bonds is 9. The number of ether oxygens (including phenoxy) is 3. The van der Waals surface area contributed by atoms with E-state index in [1.54, 1.807) is 7.11 Å². The second-order valence-corrected chi connectivity index (χ2v) is 5.04. The van der Waals surface area contributed by atoms with Gasteiger partial charge in [-0.15, -0.1) is 0 Å². The molecule has 0 spiro atoms. The van der Waals surface area contributed by atoms with Crippen molar-refractivity contribution in [1.82, 2.24) is 5.32 Å². The summed E-state index contributed by atoms with van der Waals surface area (Å²) in [6.45, 7) is 5.91. The zero-order valence-electron chi connectivity index (χ0n) is 12.5. The molecule has 1 heterocycles. The van der Waals surface area contributed by atoms with Gasteiger partial charge >= 0.3 is 0 Å². The Morgan fingerprint density at radius 3 is 3.05 bits per heavy atom. The first-order valence-corrected chi connectivity index (χ1v) is 7.40. The Morgan fingerprint density at radius 1 is 1.35 bits per heavy atom. The van der Waals surface area contributed by atoms with E-state index in [0.29, 0.717) is 19.8 Å². The molecule has 0 saturated carbocycles. The van der Waals surface area contributed by atoms with Crippen LogP contribution in [0.2, 0.25) is 0 Å². The highest BCUT2D eigenvalue weighted by molar-refractivity contribution is 5.40. The third-order valence-electron chi connectivity index (χ3n) is 3.47. The van der Waals surface area contributed by atoms with Crippen molar-refractivity contribution in [2.75, 3.05) is 40.1 Å². The largest absolute Gasteiger partial charge is 0.493 e. The van der Waals surface area contributed by atoms with Crippen LogP contribution < -0.4 is 10.1 Å². The highest BCUT2D eigenvalue weighted by Crippen LogP contribution is 2.28. The fourth-order valence-electron chi connectivity index (χ4n) is 2.36. The van der Waals surface area contributed by atoms with E-state index < -0.39 is 0 Å². The first-order chi connectivity index (χ1) is 9.85. The standard InChI is InChI=1S/C16H25NO3/c1-3-7-17-15(12-19-10-9-18-2)13-4-5-16-14(11-13)6-8-20-16/h4-5,11,15,17H,3,6-10,12H2,1-2H3. The van der Waals surface area contributed by atoms with Crippen molar-refractivity contribution < 1.29 is 14.2 Å². The van der Waals surface area contributed by atoms with Crippen molar-refractivity contribution in [2.45, 2.75) is 25.8 Å². The number of methoxy groups -OCH3 is 1. The lowest BCUT2D eigenvalue weighted by Gasteiger charge is -2.19. The average molecular weight is 279 g/mol. The molecule has 0 radical (unpaired) electrons. The molecular formula is C16H25NO3. The van der Waals surface area contributed by atoms with Crippen molar-refractivity contribution in [2.24, 2.45) is 0 Å². The van der Waals surface area contributed by atoms with Gasteiger partial charge in [0.1, 0.15) is 5.75 Å². The minimum Gasteiger partial charge on any atom is -0.493 e. The zero-order chi connectivity index (χ0) is 14.2. The monoisotopic (exact) mass is 279 g/mol. The van der Waals surface area contributed by atoms with Gasteiger partial charge < -0.3 is 19.5 Å². The molecule has 0 saturated heterocycles. The predicted octanol–water partition coefficient (Wildman–Crippen LogP) is 2.33. The highest BCUT2D eigenvalue weighted by Gasteiger charge is 2.16. The third kappa shape index (κ3) is 4.20. The molecule has 4 nitrogen and oxygen atoms in total. The lowest BCUT2D eigenvalue weighted by atomic mass is 10.0. The smallest absolute Gasteiger partial charge is 0.122 e. The zero-order valence-corrected chi connectivity index (χ0v) is 12.5. The van der Waals surface area contributed by atoms with Gasteiger partial charge in [0.2, 0.25) is 0 Å². The Labute approximate surface area is 121 Å². The molecule has 112 valence electrons. The molecule has 0 amide bonds. The van der Waals surface area contributed by atoms with Crippen LogP contribution in [0.4, 0.5) is 0 Å². The van der Waals surface area contributed by atoms with Crippen LogP contribution in [0.5, 0.6) is 5.75 Å². The SMILES string of the molecule is CCCNC(COCCOC)c1ccc2c(c1)CCO2. The number of hydrogen-bond donors (Lipinski definition) is 1. The van der Waals surface area contributed by atoms with Crippen molar-refractivity contribution >= 4 is 0 Å². The van der Waals surface area contributed by atoms with Gasteiger partial charge in [-0.2, -0.15) is 0 Å². The van der Waals surface area contributed by atoms with Crippen LogP contribution in [0.1, 0.15) is 30.5 Å². The van der Waals surface area contributed by atoms with E-state index in [0.717, 1.165) is 31.7 Å². The van der Waals surface area contributed by atoms with Crippen LogP contribution in [0, 0.1) is 0 Å². The molecule has 0 bridgehead atoms. The van der Waals surface area contributed by atoms with Gasteiger partial charge in [0.15, 0.2) is 0 Å². The maximum atomic E-state index is 5.69. The van der Waals surface area contributed by atoms with Crippen molar-refractivity contribution in [1.29, 1.82) is 0 Å². The molecule has 2 rings (SSSR count). The van der Waals surface area contributed by atoms with Gasteiger partial charge in [0.25, 0.3) is 0 Å². The number of hydrogen-bond acceptors (Lipinski definition) is 4. The van der Waals surface area contributed by atoms with E-state index in [1.165, 1.54) is 11.1 Å². The van der Waals surface area contributed by atoms with Gasteiger partial charge in [0, 0.05) is 13.5 Å². The van der Waals surface area contributed by atoms with Gasteiger partial charge in [-0.05, 0) is 30.2 Å². The summed E-state index contributed by atoms with van der Waals surface area (Å²) in [5.41, 5.74) is 2.59. The molecule has 0 aliphatic carbocycles. The van der Waals surface area contributed by atoms with Gasteiger partial charge in [0.05, 0.1) is 32.5 Å². The summed E-state index contributed by atoms with van der Waals surface area (Å²) < 4.78 is 16.3. The molecule has 4 heteroatoms. The highest BCUT2D eigenvalue weighted by atomic mass is 16.5. The minimum absolute atomic E-state index is 0.234. The Hall–Kier alpha value is -1.10. The first kappa shape index (κ1) is 15.3. The molecule has 1 aromatic rings. The third-order valence-corrected chi connectivity index (χ3v) is 3.47. The Kier molecular flexibility index (Phi) is 6.30. The van der Waals surface area contributed by atoms with Crippen LogP contribution in [-0.2, 0) is 15.9 Å². The topological polar surface area (TPSA) is 39.7 Å². The Bertz CT molecular complexity index is 409. The molecule has 1 unspecified atom stereocenters. The maximum Gasteiger partial charge on any atom is 0.122 e. The summed E-state index contributed by atoms with van der Waals surface area (Å²) in [6, 6.07) is 6.69. The predicted molar refractivity (Wildman–Crippen MR) is 79.4 cm³/mol. The maximum absolute atomic E-state index is 5.69. The molecule has 20 heavy (non-hydrogen) atoms. The summed E-state index contributed by atoms with van der Waals surface area (Å²) in [5, 5.41) is 3.55. The molecule has 1 N–H and O–H groups in total. The Morgan fingerprint density at radius 2 is 2.25 bits per heavy atom. The van der Waals surface area contributed by atoms with E-state index in [1.807, 2.05) is 0 Å². The van der Waals surface area contributed by atoms with Crippen LogP contribution in [0.25, 0.3) is 0 Å². The molecular weight excluding hydrogens is 254 g/mol. The summed E-state index contributed by atoms with van der Waals surface area (Å²) in [5.74, 6) is 1.03. The summed E-state index contributed by atoms with van der Waals surface area (Å²) in [7, 11) is 1.69. The normalized spacial score (nSPS) is 14.9. The minimum atomic E-state index is 0.234.